The molecule has 0 atom stereocenters. The Labute approximate surface area is 103 Å². The minimum atomic E-state index is -2.56. The second kappa shape index (κ2) is 4.72. The van der Waals surface area contributed by atoms with E-state index in [9.17, 15) is 18.4 Å². The molecular weight excluding hydrogens is 242 g/mol. The molecule has 0 bridgehead atoms. The van der Waals surface area contributed by atoms with E-state index >= 15 is 0 Å². The summed E-state index contributed by atoms with van der Waals surface area (Å²) < 4.78 is 24.4. The number of hydrogen-bond acceptors (Lipinski definition) is 2. The summed E-state index contributed by atoms with van der Waals surface area (Å²) in [6.07, 6.45) is -2.27. The molecule has 6 heteroatoms. The van der Waals surface area contributed by atoms with Crippen molar-refractivity contribution in [3.05, 3.63) is 29.3 Å². The molecule has 0 spiro atoms. The molecule has 18 heavy (non-hydrogen) atoms. The number of benzene rings is 1. The van der Waals surface area contributed by atoms with Gasteiger partial charge in [-0.15, -0.1) is 0 Å². The Morgan fingerprint density at radius 2 is 2.22 bits per heavy atom. The average molecular weight is 254 g/mol. The van der Waals surface area contributed by atoms with Crippen molar-refractivity contribution < 1.29 is 18.4 Å². The minimum absolute atomic E-state index is 0.129. The molecule has 1 aromatic carbocycles. The lowest BCUT2D eigenvalue weighted by Crippen LogP contribution is -2.31. The van der Waals surface area contributed by atoms with Gasteiger partial charge >= 0.3 is 0 Å². The Balaban J connectivity index is 2.17. The first-order valence-corrected chi connectivity index (χ1v) is 5.44. The van der Waals surface area contributed by atoms with Crippen LogP contribution in [0.4, 0.5) is 14.5 Å². The van der Waals surface area contributed by atoms with Gasteiger partial charge in [0.2, 0.25) is 5.91 Å². The Hall–Kier alpha value is -1.98. The highest BCUT2D eigenvalue weighted by molar-refractivity contribution is 6.02. The largest absolute Gasteiger partial charge is 0.336 e. The fourth-order valence-electron chi connectivity index (χ4n) is 1.86. The maximum atomic E-state index is 12.2. The zero-order valence-electron chi connectivity index (χ0n) is 9.74. The zero-order valence-corrected chi connectivity index (χ0v) is 9.74. The van der Waals surface area contributed by atoms with Crippen LogP contribution in [0, 0.1) is 0 Å². The third-order valence-electron chi connectivity index (χ3n) is 2.74. The average Bonchev–Trinajstić information content (AvgIpc) is 2.65. The van der Waals surface area contributed by atoms with Crippen LogP contribution in [0.2, 0.25) is 0 Å². The normalized spacial score (nSPS) is 13.4. The van der Waals surface area contributed by atoms with Crippen LogP contribution in [0.5, 0.6) is 0 Å². The third kappa shape index (κ3) is 2.47. The predicted molar refractivity (Wildman–Crippen MR) is 61.7 cm³/mol. The minimum Gasteiger partial charge on any atom is -0.336 e. The summed E-state index contributed by atoms with van der Waals surface area (Å²) in [5.74, 6) is -0.616. The molecule has 0 radical (unpaired) electrons. The third-order valence-corrected chi connectivity index (χ3v) is 2.74. The predicted octanol–water partition coefficient (Wildman–Crippen LogP) is 1.52. The van der Waals surface area contributed by atoms with Crippen molar-refractivity contribution in [1.29, 1.82) is 0 Å². The van der Waals surface area contributed by atoms with Crippen LogP contribution >= 0.6 is 0 Å². The molecule has 1 N–H and O–H groups in total. The molecule has 4 nitrogen and oxygen atoms in total. The van der Waals surface area contributed by atoms with Gasteiger partial charge in [0.05, 0.1) is 13.0 Å². The van der Waals surface area contributed by atoms with E-state index in [4.69, 9.17) is 0 Å². The summed E-state index contributed by atoms with van der Waals surface area (Å²) in [7, 11) is 1.32. The maximum absolute atomic E-state index is 12.2. The standard InChI is InChI=1S/C12H12F2N2O2/c1-16(6-10(13)14)12(18)8-3-2-7-5-11(17)15-9(7)4-8/h2-4,10H,5-6H2,1H3,(H,15,17). The van der Waals surface area contributed by atoms with Crippen LogP contribution in [0.3, 0.4) is 0 Å². The molecule has 2 rings (SSSR count). The van der Waals surface area contributed by atoms with Gasteiger partial charge in [-0.05, 0) is 17.7 Å². The number of nitrogens with zero attached hydrogens (tertiary/aromatic N) is 1. The molecule has 0 saturated heterocycles. The molecule has 1 aliphatic rings. The van der Waals surface area contributed by atoms with Crippen LogP contribution in [0.25, 0.3) is 0 Å². The van der Waals surface area contributed by atoms with E-state index < -0.39 is 18.9 Å². The van der Waals surface area contributed by atoms with Gasteiger partial charge in [0, 0.05) is 18.3 Å². The van der Waals surface area contributed by atoms with Gasteiger partial charge in [0.25, 0.3) is 12.3 Å². The number of carbonyl (C=O) groups is 2. The van der Waals surface area contributed by atoms with Crippen molar-refractivity contribution in [3.8, 4) is 0 Å². The summed E-state index contributed by atoms with van der Waals surface area (Å²) >= 11 is 0. The quantitative estimate of drug-likeness (QED) is 0.889. The molecule has 0 unspecified atom stereocenters. The number of nitrogens with one attached hydrogen (secondary N) is 1. The lowest BCUT2D eigenvalue weighted by Gasteiger charge is -2.16. The lowest BCUT2D eigenvalue weighted by molar-refractivity contribution is -0.115. The van der Waals surface area contributed by atoms with E-state index in [-0.39, 0.29) is 12.3 Å². The van der Waals surface area contributed by atoms with Crippen LogP contribution in [0.15, 0.2) is 18.2 Å². The Morgan fingerprint density at radius 1 is 1.50 bits per heavy atom. The first-order chi connectivity index (χ1) is 8.47. The van der Waals surface area contributed by atoms with Gasteiger partial charge in [-0.3, -0.25) is 9.59 Å². The first-order valence-electron chi connectivity index (χ1n) is 5.44. The van der Waals surface area contributed by atoms with Crippen molar-refractivity contribution in [2.75, 3.05) is 18.9 Å². The highest BCUT2D eigenvalue weighted by atomic mass is 19.3. The Bertz CT molecular complexity index is 503. The van der Waals surface area contributed by atoms with Crippen molar-refractivity contribution in [3.63, 3.8) is 0 Å². The topological polar surface area (TPSA) is 49.4 Å². The van der Waals surface area contributed by atoms with Crippen LogP contribution in [-0.2, 0) is 11.2 Å². The van der Waals surface area contributed by atoms with Crippen molar-refractivity contribution in [2.45, 2.75) is 12.8 Å². The molecule has 1 heterocycles. The Kier molecular flexibility index (Phi) is 3.27. The number of amides is 2. The van der Waals surface area contributed by atoms with E-state index in [1.165, 1.54) is 13.1 Å². The van der Waals surface area contributed by atoms with Gasteiger partial charge in [-0.2, -0.15) is 0 Å². The molecule has 0 aliphatic carbocycles. The molecule has 0 saturated carbocycles. The summed E-state index contributed by atoms with van der Waals surface area (Å²) in [5, 5.41) is 2.61. The highest BCUT2D eigenvalue weighted by Gasteiger charge is 2.21. The van der Waals surface area contributed by atoms with Gasteiger partial charge < -0.3 is 10.2 Å². The molecule has 0 aromatic heterocycles. The number of carbonyl (C=O) groups excluding carboxylic acids is 2. The van der Waals surface area contributed by atoms with Gasteiger partial charge in [-0.25, -0.2) is 8.78 Å². The van der Waals surface area contributed by atoms with Gasteiger partial charge in [0.1, 0.15) is 0 Å². The zero-order chi connectivity index (χ0) is 13.3. The fraction of sp³-hybridized carbons (Fsp3) is 0.333. The SMILES string of the molecule is CN(CC(F)F)C(=O)c1ccc2c(c1)NC(=O)C2. The van der Waals surface area contributed by atoms with Gasteiger partial charge in [-0.1, -0.05) is 6.07 Å². The van der Waals surface area contributed by atoms with Crippen LogP contribution in [-0.4, -0.2) is 36.7 Å². The number of fused-ring (bicyclic) bond motifs is 1. The lowest BCUT2D eigenvalue weighted by atomic mass is 10.1. The second-order valence-corrected chi connectivity index (χ2v) is 4.17. The number of hydrogen-bond donors (Lipinski definition) is 1. The van der Waals surface area contributed by atoms with E-state index in [1.54, 1.807) is 12.1 Å². The first kappa shape index (κ1) is 12.5. The summed E-state index contributed by atoms with van der Waals surface area (Å²) in [6, 6.07) is 4.73. The summed E-state index contributed by atoms with van der Waals surface area (Å²) in [6.45, 7) is -0.609. The molecule has 2 amide bonds. The van der Waals surface area contributed by atoms with Crippen molar-refractivity contribution in [2.24, 2.45) is 0 Å². The monoisotopic (exact) mass is 254 g/mol. The molecule has 96 valence electrons. The van der Waals surface area contributed by atoms with Crippen LogP contribution < -0.4 is 5.32 Å². The number of rotatable bonds is 3. The Morgan fingerprint density at radius 3 is 2.89 bits per heavy atom. The van der Waals surface area contributed by atoms with E-state index in [0.29, 0.717) is 11.3 Å². The van der Waals surface area contributed by atoms with Crippen LogP contribution in [0.1, 0.15) is 15.9 Å². The van der Waals surface area contributed by atoms with Crippen molar-refractivity contribution in [1.82, 2.24) is 4.90 Å². The summed E-state index contributed by atoms with van der Waals surface area (Å²) in [5.41, 5.74) is 1.68. The van der Waals surface area contributed by atoms with Crippen molar-refractivity contribution >= 4 is 17.5 Å². The van der Waals surface area contributed by atoms with E-state index in [0.717, 1.165) is 10.5 Å². The molecular formula is C12H12F2N2O2. The van der Waals surface area contributed by atoms with Gasteiger partial charge in [0.15, 0.2) is 0 Å². The maximum Gasteiger partial charge on any atom is 0.255 e. The molecule has 1 aromatic rings. The number of alkyl halides is 2. The molecule has 0 fully saturated rings. The second-order valence-electron chi connectivity index (χ2n) is 4.17. The van der Waals surface area contributed by atoms with E-state index in [1.807, 2.05) is 0 Å². The highest BCUT2D eigenvalue weighted by Crippen LogP contribution is 2.24. The smallest absolute Gasteiger partial charge is 0.255 e. The summed E-state index contributed by atoms with van der Waals surface area (Å²) in [4.78, 5) is 24.0. The fourth-order valence-corrected chi connectivity index (χ4v) is 1.86. The van der Waals surface area contributed by atoms with E-state index in [2.05, 4.69) is 5.32 Å². The number of halogens is 2. The number of anilines is 1. The molecule has 1 aliphatic heterocycles.